The number of anilines is 1. The second kappa shape index (κ2) is 16.4. The van der Waals surface area contributed by atoms with Gasteiger partial charge < -0.3 is 29.2 Å². The summed E-state index contributed by atoms with van der Waals surface area (Å²) in [5, 5.41) is 3.13. The van der Waals surface area contributed by atoms with Crippen LogP contribution in [0.4, 0.5) is 5.69 Å². The van der Waals surface area contributed by atoms with Crippen molar-refractivity contribution < 1.29 is 37.0 Å². The number of hydrogen-bond acceptors (Lipinski definition) is 8. The number of sulfonamides is 1. The van der Waals surface area contributed by atoms with Gasteiger partial charge in [0, 0.05) is 24.7 Å². The highest BCUT2D eigenvalue weighted by Gasteiger charge is 2.36. The molecule has 47 heavy (non-hydrogen) atoms. The SMILES string of the molecule is CC[C@H](C(=O)NC1CCCC1)N(CCc1ccccc1)C(=O)CN(c1cc(OC)ccc1OC)S(=O)(=O)c1ccc(OC)c(OC)c1. The Kier molecular flexibility index (Phi) is 12.4. The van der Waals surface area contributed by atoms with Crippen LogP contribution in [-0.4, -0.2) is 78.7 Å². The van der Waals surface area contributed by atoms with Crippen molar-refractivity contribution in [3.05, 3.63) is 72.3 Å². The van der Waals surface area contributed by atoms with Gasteiger partial charge in [0.1, 0.15) is 24.1 Å². The summed E-state index contributed by atoms with van der Waals surface area (Å²) in [5.74, 6) is 0.349. The van der Waals surface area contributed by atoms with Gasteiger partial charge in [0.15, 0.2) is 11.5 Å². The van der Waals surface area contributed by atoms with Crippen molar-refractivity contribution in [1.82, 2.24) is 10.2 Å². The maximum absolute atomic E-state index is 14.5. The lowest BCUT2D eigenvalue weighted by molar-refractivity contribution is -0.139. The molecule has 0 aliphatic heterocycles. The van der Waals surface area contributed by atoms with E-state index in [2.05, 4.69) is 5.32 Å². The Morgan fingerprint density at radius 1 is 0.851 bits per heavy atom. The molecule has 1 saturated carbocycles. The van der Waals surface area contributed by atoms with Gasteiger partial charge >= 0.3 is 0 Å². The highest BCUT2D eigenvalue weighted by Crippen LogP contribution is 2.38. The first-order valence-electron chi connectivity index (χ1n) is 15.8. The van der Waals surface area contributed by atoms with Gasteiger partial charge in [-0.25, -0.2) is 8.42 Å². The third-order valence-electron chi connectivity index (χ3n) is 8.45. The maximum atomic E-state index is 14.5. The summed E-state index contributed by atoms with van der Waals surface area (Å²) in [6.45, 7) is 1.45. The van der Waals surface area contributed by atoms with Crippen molar-refractivity contribution in [2.45, 2.75) is 62.4 Å². The molecule has 0 saturated heterocycles. The molecule has 1 N–H and O–H groups in total. The van der Waals surface area contributed by atoms with Crippen LogP contribution in [-0.2, 0) is 26.0 Å². The first kappa shape index (κ1) is 35.4. The molecule has 11 nitrogen and oxygen atoms in total. The standard InChI is InChI=1S/C35H45N3O8S/c1-6-29(35(40)36-26-14-10-11-15-26)37(21-20-25-12-8-7-9-13-25)34(39)24-38(30-22-27(43-2)16-18-31(30)44-3)47(41,42)28-17-19-32(45-4)33(23-28)46-5/h7-9,12-13,16-19,22-23,26,29H,6,10-11,14-15,20-21,24H2,1-5H3,(H,36,40)/t29-/m1/s1. The number of rotatable bonds is 16. The Hall–Kier alpha value is -4.45. The topological polar surface area (TPSA) is 124 Å². The van der Waals surface area contributed by atoms with E-state index in [4.69, 9.17) is 18.9 Å². The Labute approximate surface area is 277 Å². The second-order valence-electron chi connectivity index (χ2n) is 11.3. The zero-order valence-corrected chi connectivity index (χ0v) is 28.5. The molecule has 1 atom stereocenters. The van der Waals surface area contributed by atoms with Crippen molar-refractivity contribution in [3.8, 4) is 23.0 Å². The van der Waals surface area contributed by atoms with Crippen LogP contribution in [0.3, 0.4) is 0 Å². The molecular formula is C35H45N3O8S. The Bertz CT molecular complexity index is 1610. The minimum absolute atomic E-state index is 0.0607. The van der Waals surface area contributed by atoms with Gasteiger partial charge in [0.25, 0.3) is 10.0 Å². The van der Waals surface area contributed by atoms with Crippen molar-refractivity contribution in [2.75, 3.05) is 45.8 Å². The molecule has 0 bridgehead atoms. The monoisotopic (exact) mass is 667 g/mol. The molecule has 2 amide bonds. The molecule has 254 valence electrons. The smallest absolute Gasteiger partial charge is 0.265 e. The number of nitrogens with one attached hydrogen (secondary N) is 1. The number of nitrogens with zero attached hydrogens (tertiary/aromatic N) is 2. The van der Waals surface area contributed by atoms with Crippen LogP contribution in [0.25, 0.3) is 0 Å². The molecule has 0 radical (unpaired) electrons. The Balaban J connectivity index is 1.78. The Morgan fingerprint density at radius 3 is 2.13 bits per heavy atom. The average Bonchev–Trinajstić information content (AvgIpc) is 3.61. The van der Waals surface area contributed by atoms with E-state index in [1.165, 1.54) is 57.6 Å². The summed E-state index contributed by atoms with van der Waals surface area (Å²) < 4.78 is 51.7. The number of hydrogen-bond donors (Lipinski definition) is 1. The fraction of sp³-hybridized carbons (Fsp3) is 0.429. The third kappa shape index (κ3) is 8.48. The lowest BCUT2D eigenvalue weighted by atomic mass is 10.1. The minimum Gasteiger partial charge on any atom is -0.497 e. The number of ether oxygens (including phenoxy) is 4. The summed E-state index contributed by atoms with van der Waals surface area (Å²) >= 11 is 0. The van der Waals surface area contributed by atoms with E-state index in [1.807, 2.05) is 37.3 Å². The summed E-state index contributed by atoms with van der Waals surface area (Å²) in [7, 11) is 1.32. The van der Waals surface area contributed by atoms with Crippen LogP contribution >= 0.6 is 0 Å². The quantitative estimate of drug-likeness (QED) is 0.231. The van der Waals surface area contributed by atoms with Gasteiger partial charge in [-0.1, -0.05) is 50.1 Å². The molecule has 3 aromatic rings. The first-order chi connectivity index (χ1) is 22.7. The summed E-state index contributed by atoms with van der Waals surface area (Å²) in [6.07, 6.45) is 4.71. The first-order valence-corrected chi connectivity index (χ1v) is 17.2. The third-order valence-corrected chi connectivity index (χ3v) is 10.2. The molecular weight excluding hydrogens is 622 g/mol. The van der Waals surface area contributed by atoms with Crippen molar-refractivity contribution in [1.29, 1.82) is 0 Å². The average molecular weight is 668 g/mol. The van der Waals surface area contributed by atoms with E-state index >= 15 is 0 Å². The zero-order valence-electron chi connectivity index (χ0n) is 27.7. The van der Waals surface area contributed by atoms with Crippen LogP contribution in [0.5, 0.6) is 23.0 Å². The summed E-state index contributed by atoms with van der Waals surface area (Å²) in [5.41, 5.74) is 1.09. The van der Waals surface area contributed by atoms with E-state index in [0.717, 1.165) is 35.6 Å². The number of benzene rings is 3. The van der Waals surface area contributed by atoms with Gasteiger partial charge in [0.2, 0.25) is 11.8 Å². The fourth-order valence-electron chi connectivity index (χ4n) is 5.87. The largest absolute Gasteiger partial charge is 0.497 e. The summed E-state index contributed by atoms with van der Waals surface area (Å²) in [6, 6.07) is 17.8. The van der Waals surface area contributed by atoms with Gasteiger partial charge in [-0.15, -0.1) is 0 Å². The van der Waals surface area contributed by atoms with Gasteiger partial charge in [-0.2, -0.15) is 0 Å². The number of amides is 2. The van der Waals surface area contributed by atoms with Crippen LogP contribution in [0.2, 0.25) is 0 Å². The summed E-state index contributed by atoms with van der Waals surface area (Å²) in [4.78, 5) is 29.5. The van der Waals surface area contributed by atoms with Crippen LogP contribution in [0.15, 0.2) is 71.6 Å². The normalized spacial score (nSPS) is 13.8. The molecule has 0 spiro atoms. The van der Waals surface area contributed by atoms with E-state index in [0.29, 0.717) is 24.3 Å². The van der Waals surface area contributed by atoms with E-state index in [1.54, 1.807) is 12.1 Å². The van der Waals surface area contributed by atoms with Crippen LogP contribution < -0.4 is 28.6 Å². The van der Waals surface area contributed by atoms with Gasteiger partial charge in [-0.3, -0.25) is 13.9 Å². The number of carbonyl (C=O) groups excluding carboxylic acids is 2. The highest BCUT2D eigenvalue weighted by atomic mass is 32.2. The maximum Gasteiger partial charge on any atom is 0.265 e. The van der Waals surface area contributed by atoms with E-state index in [-0.39, 0.29) is 40.6 Å². The van der Waals surface area contributed by atoms with Gasteiger partial charge in [-0.05, 0) is 55.5 Å². The molecule has 0 heterocycles. The van der Waals surface area contributed by atoms with E-state index < -0.39 is 28.5 Å². The molecule has 0 unspecified atom stereocenters. The van der Waals surface area contributed by atoms with E-state index in [9.17, 15) is 18.0 Å². The predicted octanol–water partition coefficient (Wildman–Crippen LogP) is 4.83. The number of methoxy groups -OCH3 is 4. The van der Waals surface area contributed by atoms with Crippen LogP contribution in [0, 0.1) is 0 Å². The van der Waals surface area contributed by atoms with Crippen molar-refractivity contribution >= 4 is 27.5 Å². The number of carbonyl (C=O) groups is 2. The van der Waals surface area contributed by atoms with Gasteiger partial charge in [0.05, 0.1) is 39.0 Å². The minimum atomic E-state index is -4.42. The molecule has 1 aliphatic carbocycles. The molecule has 4 rings (SSSR count). The molecule has 12 heteroatoms. The lowest BCUT2D eigenvalue weighted by Crippen LogP contribution is -2.54. The predicted molar refractivity (Wildman–Crippen MR) is 180 cm³/mol. The molecule has 3 aromatic carbocycles. The highest BCUT2D eigenvalue weighted by molar-refractivity contribution is 7.92. The van der Waals surface area contributed by atoms with Crippen LogP contribution in [0.1, 0.15) is 44.6 Å². The fourth-order valence-corrected chi connectivity index (χ4v) is 7.31. The molecule has 0 aromatic heterocycles. The lowest BCUT2D eigenvalue weighted by Gasteiger charge is -2.34. The molecule has 1 fully saturated rings. The zero-order chi connectivity index (χ0) is 34.0. The Morgan fingerprint density at radius 2 is 1.51 bits per heavy atom. The molecule has 1 aliphatic rings. The van der Waals surface area contributed by atoms with Crippen molar-refractivity contribution in [2.24, 2.45) is 0 Å². The second-order valence-corrected chi connectivity index (χ2v) is 13.2. The van der Waals surface area contributed by atoms with Crippen molar-refractivity contribution in [3.63, 3.8) is 0 Å².